The molecule has 0 spiro atoms. The number of phenolic OH excluding ortho intramolecular Hbond substituents is 1. The molecule has 7 nitrogen and oxygen atoms in total. The fourth-order valence-corrected chi connectivity index (χ4v) is 7.81. The molecule has 0 aromatic heterocycles. The predicted molar refractivity (Wildman–Crippen MR) is 160 cm³/mol. The maximum atomic E-state index is 14.1. The van der Waals surface area contributed by atoms with E-state index in [1.54, 1.807) is 25.1 Å². The summed E-state index contributed by atoms with van der Waals surface area (Å²) in [4.78, 5) is 56.1. The number of benzene rings is 2. The molecular formula is C32H27Br2NO6. The molecule has 1 aliphatic heterocycles. The highest BCUT2D eigenvalue weighted by Gasteiger charge is 2.56. The number of rotatable bonds is 4. The Bertz CT molecular complexity index is 1650. The first-order valence-corrected chi connectivity index (χ1v) is 15.1. The Kier molecular flexibility index (Phi) is 6.93. The van der Waals surface area contributed by atoms with Crippen LogP contribution in [0.4, 0.5) is 5.69 Å². The number of hydrogen-bond donors (Lipinski definition) is 1. The van der Waals surface area contributed by atoms with E-state index in [-0.39, 0.29) is 41.3 Å². The van der Waals surface area contributed by atoms with Crippen LogP contribution in [0.25, 0.3) is 0 Å². The molecule has 3 aliphatic carbocycles. The maximum Gasteiger partial charge on any atom is 0.238 e. The van der Waals surface area contributed by atoms with Crippen molar-refractivity contribution in [3.8, 4) is 11.5 Å². The molecule has 1 saturated heterocycles. The van der Waals surface area contributed by atoms with Crippen molar-refractivity contribution in [2.24, 2.45) is 17.8 Å². The van der Waals surface area contributed by atoms with Crippen molar-refractivity contribution in [3.05, 3.63) is 84.8 Å². The van der Waals surface area contributed by atoms with Crippen LogP contribution in [-0.4, -0.2) is 35.6 Å². The molecule has 2 amide bonds. The summed E-state index contributed by atoms with van der Waals surface area (Å²) in [5.74, 6) is -3.27. The second-order valence-corrected chi connectivity index (χ2v) is 12.5. The summed E-state index contributed by atoms with van der Waals surface area (Å²) in [6.07, 6.45) is 4.72. The fourth-order valence-electron chi connectivity index (χ4n) is 6.85. The van der Waals surface area contributed by atoms with Gasteiger partial charge in [-0.2, -0.15) is 0 Å². The van der Waals surface area contributed by atoms with Gasteiger partial charge < -0.3 is 9.84 Å². The smallest absolute Gasteiger partial charge is 0.238 e. The molecule has 1 fully saturated rings. The van der Waals surface area contributed by atoms with Gasteiger partial charge in [0.15, 0.2) is 23.1 Å². The van der Waals surface area contributed by atoms with Crippen molar-refractivity contribution >= 4 is 60.9 Å². The number of phenols is 1. The molecule has 1 N–H and O–H groups in total. The molecule has 0 saturated carbocycles. The maximum absolute atomic E-state index is 14.1. The van der Waals surface area contributed by atoms with Crippen molar-refractivity contribution in [1.29, 1.82) is 0 Å². The van der Waals surface area contributed by atoms with Gasteiger partial charge in [-0.25, -0.2) is 0 Å². The van der Waals surface area contributed by atoms with Crippen LogP contribution >= 0.6 is 31.9 Å². The van der Waals surface area contributed by atoms with Gasteiger partial charge >= 0.3 is 0 Å². The normalized spacial score (nSPS) is 25.5. The molecule has 4 aliphatic rings. The summed E-state index contributed by atoms with van der Waals surface area (Å²) in [6.45, 7) is 3.66. The van der Waals surface area contributed by atoms with Crippen LogP contribution in [0.3, 0.4) is 0 Å². The van der Waals surface area contributed by atoms with Crippen molar-refractivity contribution in [1.82, 2.24) is 0 Å². The first-order chi connectivity index (χ1) is 19.6. The number of carbonyl (C=O) groups is 4. The molecule has 41 heavy (non-hydrogen) atoms. The number of allylic oxidation sites excluding steroid dienone is 6. The van der Waals surface area contributed by atoms with Gasteiger partial charge in [-0.1, -0.05) is 30.7 Å². The number of hydrogen-bond acceptors (Lipinski definition) is 6. The molecule has 9 heteroatoms. The zero-order chi connectivity index (χ0) is 29.3. The lowest BCUT2D eigenvalue weighted by Gasteiger charge is -2.42. The van der Waals surface area contributed by atoms with E-state index in [4.69, 9.17) is 4.74 Å². The SMILES string of the molecule is CCc1ccc(N2C(=O)[C@H]3[C@H](CC=C4[C@H](c5cc(OC)c(O)c(Br)c5Br)C5=C(C[C@H]43)C(=O)C(C)=CC5=O)C2=O)cc1. The number of aromatic hydroxyl groups is 1. The number of halogens is 2. The topological polar surface area (TPSA) is 101 Å². The summed E-state index contributed by atoms with van der Waals surface area (Å²) in [7, 11) is 1.43. The number of ether oxygens (including phenoxy) is 1. The van der Waals surface area contributed by atoms with Crippen molar-refractivity contribution in [2.45, 2.75) is 39.0 Å². The van der Waals surface area contributed by atoms with E-state index in [1.807, 2.05) is 25.1 Å². The lowest BCUT2D eigenvalue weighted by Crippen LogP contribution is -2.40. The molecule has 6 rings (SSSR count). The van der Waals surface area contributed by atoms with E-state index in [9.17, 15) is 24.3 Å². The number of anilines is 1. The van der Waals surface area contributed by atoms with Crippen molar-refractivity contribution < 1.29 is 29.0 Å². The number of fused-ring (bicyclic) bond motifs is 3. The third-order valence-corrected chi connectivity index (χ3v) is 11.0. The van der Waals surface area contributed by atoms with Crippen molar-refractivity contribution in [3.63, 3.8) is 0 Å². The molecule has 2 aromatic carbocycles. The first kappa shape index (κ1) is 27.8. The summed E-state index contributed by atoms with van der Waals surface area (Å²) in [5.41, 5.74) is 4.18. The van der Waals surface area contributed by atoms with Gasteiger partial charge in [0.25, 0.3) is 0 Å². The first-order valence-electron chi connectivity index (χ1n) is 13.5. The van der Waals surface area contributed by atoms with Crippen molar-refractivity contribution in [2.75, 3.05) is 12.0 Å². The van der Waals surface area contributed by atoms with Crippen LogP contribution < -0.4 is 9.64 Å². The number of imide groups is 1. The minimum Gasteiger partial charge on any atom is -0.503 e. The number of methoxy groups -OCH3 is 1. The Labute approximate surface area is 254 Å². The van der Waals surface area contributed by atoms with Gasteiger partial charge in [0.1, 0.15) is 0 Å². The van der Waals surface area contributed by atoms with Gasteiger partial charge in [-0.3, -0.25) is 24.1 Å². The molecule has 4 atom stereocenters. The number of Topliss-reactive ketones (excluding diaryl/α,β-unsaturated/α-hetero) is 1. The monoisotopic (exact) mass is 679 g/mol. The quantitative estimate of drug-likeness (QED) is 0.237. The Balaban J connectivity index is 1.51. The Morgan fingerprint density at radius 3 is 2.39 bits per heavy atom. The Morgan fingerprint density at radius 1 is 1.02 bits per heavy atom. The van der Waals surface area contributed by atoms with E-state index in [0.717, 1.165) is 17.6 Å². The highest BCUT2D eigenvalue weighted by Crippen LogP contribution is 2.57. The standard InChI is InChI=1S/C32H27Br2NO6/c1-4-15-5-7-16(8-6-15)35-31(39)18-10-9-17-19(25(18)32(35)40)12-21-26(22(36)11-14(2)29(21)37)24(17)20-13-23(41-3)30(38)28(34)27(20)33/h5-9,11,13,18-19,24-25,38H,4,10,12H2,1-3H3/t18-,19+,24+,25-/m0/s1. The van der Waals surface area contributed by atoms with Gasteiger partial charge in [0.05, 0.1) is 29.1 Å². The third kappa shape index (κ3) is 4.11. The number of carbonyl (C=O) groups excluding carboxylic acids is 4. The van der Waals surface area contributed by atoms with Crippen LogP contribution in [0, 0.1) is 17.8 Å². The largest absolute Gasteiger partial charge is 0.503 e. The van der Waals surface area contributed by atoms with Crippen LogP contribution in [0.5, 0.6) is 11.5 Å². The van der Waals surface area contributed by atoms with E-state index >= 15 is 0 Å². The number of ketones is 2. The highest BCUT2D eigenvalue weighted by atomic mass is 79.9. The summed E-state index contributed by atoms with van der Waals surface area (Å²) in [5, 5.41) is 10.6. The van der Waals surface area contributed by atoms with Crippen LogP contribution in [0.2, 0.25) is 0 Å². The van der Waals surface area contributed by atoms with E-state index in [0.29, 0.717) is 43.3 Å². The number of nitrogens with zero attached hydrogens (tertiary/aromatic N) is 1. The zero-order valence-corrected chi connectivity index (χ0v) is 25.8. The lowest BCUT2D eigenvalue weighted by molar-refractivity contribution is -0.123. The lowest BCUT2D eigenvalue weighted by atomic mass is 9.59. The summed E-state index contributed by atoms with van der Waals surface area (Å²) in [6, 6.07) is 9.11. The fraction of sp³-hybridized carbons (Fsp3) is 0.312. The minimum atomic E-state index is -0.675. The Morgan fingerprint density at radius 2 is 1.73 bits per heavy atom. The van der Waals surface area contributed by atoms with Gasteiger partial charge in [0, 0.05) is 27.1 Å². The third-order valence-electron chi connectivity index (χ3n) is 8.87. The summed E-state index contributed by atoms with van der Waals surface area (Å²) >= 11 is 7.01. The second kappa shape index (κ2) is 10.2. The van der Waals surface area contributed by atoms with Crippen LogP contribution in [-0.2, 0) is 25.6 Å². The molecule has 0 radical (unpaired) electrons. The summed E-state index contributed by atoms with van der Waals surface area (Å²) < 4.78 is 6.28. The molecule has 0 bridgehead atoms. The Hall–Kier alpha value is -3.30. The number of amides is 2. The molecule has 210 valence electrons. The van der Waals surface area contributed by atoms with Gasteiger partial charge in [-0.15, -0.1) is 0 Å². The highest BCUT2D eigenvalue weighted by molar-refractivity contribution is 9.13. The molecular weight excluding hydrogens is 654 g/mol. The van der Waals surface area contributed by atoms with Gasteiger partial charge in [-0.05, 0) is 99.4 Å². The second-order valence-electron chi connectivity index (χ2n) is 10.9. The molecule has 0 unspecified atom stereocenters. The zero-order valence-electron chi connectivity index (χ0n) is 22.7. The van der Waals surface area contributed by atoms with E-state index in [1.165, 1.54) is 18.1 Å². The van der Waals surface area contributed by atoms with Crippen LogP contribution in [0.15, 0.2) is 73.7 Å². The van der Waals surface area contributed by atoms with E-state index < -0.39 is 23.7 Å². The van der Waals surface area contributed by atoms with Crippen LogP contribution in [0.1, 0.15) is 43.7 Å². The average molecular weight is 681 g/mol. The van der Waals surface area contributed by atoms with E-state index in [2.05, 4.69) is 31.9 Å². The average Bonchev–Trinajstić information content (AvgIpc) is 3.23. The predicted octanol–water partition coefficient (Wildman–Crippen LogP) is 6.12. The molecule has 1 heterocycles. The molecule has 2 aromatic rings. The number of aryl methyl sites for hydroxylation is 1. The minimum absolute atomic E-state index is 0.106. The van der Waals surface area contributed by atoms with Gasteiger partial charge in [0.2, 0.25) is 11.8 Å².